The highest BCUT2D eigenvalue weighted by atomic mass is 32.2. The second-order valence-electron chi connectivity index (χ2n) is 8.96. The summed E-state index contributed by atoms with van der Waals surface area (Å²) in [5.74, 6) is 5.46. The molecule has 2 aromatic carbocycles. The van der Waals surface area contributed by atoms with Crippen molar-refractivity contribution < 1.29 is 17.6 Å². The van der Waals surface area contributed by atoms with Gasteiger partial charge in [0.15, 0.2) is 5.56 Å². The molecule has 12 nitrogen and oxygen atoms in total. The molecule has 1 unspecified atom stereocenters. The zero-order valence-corrected chi connectivity index (χ0v) is 22.4. The van der Waals surface area contributed by atoms with Crippen molar-refractivity contribution in [3.05, 3.63) is 94.6 Å². The van der Waals surface area contributed by atoms with E-state index >= 15 is 0 Å². The molecule has 0 spiro atoms. The van der Waals surface area contributed by atoms with E-state index in [0.717, 1.165) is 6.26 Å². The smallest absolute Gasteiger partial charge is 0.267 e. The summed E-state index contributed by atoms with van der Waals surface area (Å²) < 4.78 is 28.1. The first-order chi connectivity index (χ1) is 19.1. The van der Waals surface area contributed by atoms with Crippen LogP contribution in [-0.4, -0.2) is 46.6 Å². The van der Waals surface area contributed by atoms with Crippen LogP contribution in [-0.2, 0) is 10.0 Å². The lowest BCUT2D eigenvalue weighted by molar-refractivity contribution is -0.513. The molecule has 40 heavy (non-hydrogen) atoms. The maximum Gasteiger partial charge on any atom is 0.267 e. The molecule has 1 atom stereocenters. The third-order valence-corrected chi connectivity index (χ3v) is 6.74. The summed E-state index contributed by atoms with van der Waals surface area (Å²) in [5, 5.41) is 3.17. The van der Waals surface area contributed by atoms with Crippen LogP contribution in [0.2, 0.25) is 0 Å². The Morgan fingerprint density at radius 1 is 1.20 bits per heavy atom. The lowest BCUT2D eigenvalue weighted by atomic mass is 10.1. The predicted molar refractivity (Wildman–Crippen MR) is 149 cm³/mol. The number of aromatic amines is 1. The summed E-state index contributed by atoms with van der Waals surface area (Å²) in [5.41, 5.74) is 7.60. The minimum absolute atomic E-state index is 0.0487. The molecule has 1 amide bonds. The Labute approximate surface area is 229 Å². The van der Waals surface area contributed by atoms with Crippen LogP contribution in [0.15, 0.2) is 72.0 Å². The second kappa shape index (κ2) is 10.6. The van der Waals surface area contributed by atoms with Gasteiger partial charge in [-0.1, -0.05) is 41.1 Å². The number of hydrogen-bond donors (Lipinski definition) is 4. The molecule has 5 aromatic rings. The lowest BCUT2D eigenvalue weighted by Crippen LogP contribution is -2.35. The minimum Gasteiger partial charge on any atom is -0.369 e. The highest BCUT2D eigenvalue weighted by Gasteiger charge is 2.26. The number of nitrogen functional groups attached to an aromatic ring is 1. The van der Waals surface area contributed by atoms with Gasteiger partial charge in [-0.25, -0.2) is 22.5 Å². The van der Waals surface area contributed by atoms with Gasteiger partial charge < -0.3 is 11.1 Å². The van der Waals surface area contributed by atoms with E-state index in [-0.39, 0.29) is 23.3 Å². The number of rotatable bonds is 6. The van der Waals surface area contributed by atoms with Crippen LogP contribution in [0.1, 0.15) is 34.7 Å². The fourth-order valence-corrected chi connectivity index (χ4v) is 4.62. The minimum atomic E-state index is -3.41. The van der Waals surface area contributed by atoms with E-state index < -0.39 is 27.5 Å². The van der Waals surface area contributed by atoms with Gasteiger partial charge in [0, 0.05) is 5.56 Å². The summed E-state index contributed by atoms with van der Waals surface area (Å²) in [7, 11) is -3.41. The topological polar surface area (TPSA) is 169 Å². The van der Waals surface area contributed by atoms with Gasteiger partial charge in [0.1, 0.15) is 12.0 Å². The first-order valence-corrected chi connectivity index (χ1v) is 14.0. The molecule has 3 heterocycles. The number of hydrogen-bond acceptors (Lipinski definition) is 7. The van der Waals surface area contributed by atoms with E-state index in [9.17, 15) is 18.0 Å². The Kier molecular flexibility index (Phi) is 7.03. The summed E-state index contributed by atoms with van der Waals surface area (Å²) in [6.07, 6.45) is 5.90. The molecule has 0 radical (unpaired) electrons. The molecular formula is C27H25N8O4S+. The molecule has 202 valence electrons. The number of anilines is 1. The molecule has 5 N–H and O–H groups in total. The number of benzene rings is 2. The molecule has 0 aliphatic rings. The Bertz CT molecular complexity index is 1990. The van der Waals surface area contributed by atoms with Gasteiger partial charge in [0.2, 0.25) is 27.8 Å². The molecule has 0 fully saturated rings. The van der Waals surface area contributed by atoms with Gasteiger partial charge in [-0.2, -0.15) is 0 Å². The number of para-hydroxylation sites is 1. The predicted octanol–water partition coefficient (Wildman–Crippen LogP) is 0.821. The van der Waals surface area contributed by atoms with Crippen molar-refractivity contribution in [1.29, 1.82) is 0 Å². The Morgan fingerprint density at radius 3 is 2.73 bits per heavy atom. The molecule has 0 aliphatic heterocycles. The fraction of sp³-hybridized carbons (Fsp3) is 0.148. The van der Waals surface area contributed by atoms with Crippen LogP contribution in [0.5, 0.6) is 0 Å². The molecular weight excluding hydrogens is 532 g/mol. The number of carbonyl (C=O) groups excluding carboxylic acids is 1. The summed E-state index contributed by atoms with van der Waals surface area (Å²) in [4.78, 5) is 39.2. The van der Waals surface area contributed by atoms with Crippen LogP contribution in [0.25, 0.3) is 22.2 Å². The van der Waals surface area contributed by atoms with Crippen LogP contribution in [0, 0.1) is 11.8 Å². The van der Waals surface area contributed by atoms with Crippen molar-refractivity contribution >= 4 is 38.3 Å². The Balaban J connectivity index is 1.61. The lowest BCUT2D eigenvalue weighted by Gasteiger charge is -2.20. The van der Waals surface area contributed by atoms with Crippen molar-refractivity contribution in [2.24, 2.45) is 0 Å². The zero-order chi connectivity index (χ0) is 28.4. The summed E-state index contributed by atoms with van der Waals surface area (Å²) >= 11 is 0. The molecule has 0 bridgehead atoms. The number of H-pyrrole nitrogens is 1. The fourth-order valence-electron chi connectivity index (χ4n) is 4.29. The Hall–Kier alpha value is -5.06. The molecule has 5 rings (SSSR count). The maximum absolute atomic E-state index is 14.0. The molecule has 13 heteroatoms. The summed E-state index contributed by atoms with van der Waals surface area (Å²) in [6.45, 7) is 1.61. The number of nitrogens with two attached hydrogens (primary N) is 1. The van der Waals surface area contributed by atoms with E-state index in [0.29, 0.717) is 28.2 Å². The maximum atomic E-state index is 14.0. The largest absolute Gasteiger partial charge is 0.369 e. The molecule has 0 saturated carbocycles. The normalized spacial score (nSPS) is 12.2. The van der Waals surface area contributed by atoms with E-state index in [1.54, 1.807) is 66.2 Å². The number of carbonyl (C=O) groups is 1. The average molecular weight is 558 g/mol. The number of aromatic nitrogens is 5. The van der Waals surface area contributed by atoms with Gasteiger partial charge in [0.25, 0.3) is 11.5 Å². The van der Waals surface area contributed by atoms with Crippen molar-refractivity contribution in [2.45, 2.75) is 13.0 Å². The van der Waals surface area contributed by atoms with Gasteiger partial charge in [0.05, 0.1) is 41.6 Å². The van der Waals surface area contributed by atoms with Crippen LogP contribution in [0.3, 0.4) is 0 Å². The second-order valence-corrected chi connectivity index (χ2v) is 10.8. The van der Waals surface area contributed by atoms with Gasteiger partial charge >= 0.3 is 0 Å². The van der Waals surface area contributed by atoms with E-state index in [1.165, 1.54) is 10.9 Å². The standard InChI is InChI=1S/C27H24N8O4S/c1-17(32-26(36)22-23(28)30-16-34-15-14-29-25(22)34)24-33-20-12-6-8-18(9-7-13-31-40(2,38)39)21(20)27(37)35(24)19-10-4-3-5-11-19/h3-6,8,10-12,14-17,31H,13H2,1-2H3,(H3,28,29,32,36)/p+1. The molecule has 0 aliphatic carbocycles. The third-order valence-electron chi connectivity index (χ3n) is 6.07. The zero-order valence-electron chi connectivity index (χ0n) is 21.5. The van der Waals surface area contributed by atoms with Gasteiger partial charge in [-0.15, -0.1) is 0 Å². The highest BCUT2D eigenvalue weighted by molar-refractivity contribution is 7.88. The van der Waals surface area contributed by atoms with Crippen molar-refractivity contribution in [2.75, 3.05) is 18.5 Å². The third kappa shape index (κ3) is 5.26. The summed E-state index contributed by atoms with van der Waals surface area (Å²) in [6, 6.07) is 13.3. The molecule has 3 aromatic heterocycles. The van der Waals surface area contributed by atoms with Crippen molar-refractivity contribution in [3.63, 3.8) is 0 Å². The quantitative estimate of drug-likeness (QED) is 0.177. The number of nitrogens with zero attached hydrogens (tertiary/aromatic N) is 4. The van der Waals surface area contributed by atoms with Crippen LogP contribution < -0.4 is 25.7 Å². The number of fused-ring (bicyclic) bond motifs is 2. The van der Waals surface area contributed by atoms with E-state index in [2.05, 4.69) is 31.8 Å². The van der Waals surface area contributed by atoms with Crippen LogP contribution in [0.4, 0.5) is 5.82 Å². The SMILES string of the molecule is CC(NC(=O)c1c(N)nc[n+]2cc[nH]c12)c1nc2cccc(C#CCNS(C)(=O)=O)c2c(=O)n1-c1ccccc1. The monoisotopic (exact) mass is 557 g/mol. The van der Waals surface area contributed by atoms with Crippen LogP contribution >= 0.6 is 0 Å². The van der Waals surface area contributed by atoms with Gasteiger partial charge in [-0.3, -0.25) is 19.1 Å². The van der Waals surface area contributed by atoms with Gasteiger partial charge in [-0.05, 0) is 31.2 Å². The number of amides is 1. The van der Waals surface area contributed by atoms with E-state index in [1.807, 2.05) is 6.07 Å². The first-order valence-electron chi connectivity index (χ1n) is 12.1. The highest BCUT2D eigenvalue weighted by Crippen LogP contribution is 2.21. The van der Waals surface area contributed by atoms with E-state index in [4.69, 9.17) is 10.7 Å². The van der Waals surface area contributed by atoms with Crippen molar-refractivity contribution in [3.8, 4) is 17.5 Å². The Morgan fingerprint density at radius 2 is 1.98 bits per heavy atom. The number of sulfonamides is 1. The first kappa shape index (κ1) is 26.5. The molecule has 0 saturated heterocycles. The number of imidazole rings is 1. The number of nitrogens with one attached hydrogen (secondary N) is 3. The average Bonchev–Trinajstić information content (AvgIpc) is 3.39. The van der Waals surface area contributed by atoms with Crippen molar-refractivity contribution in [1.82, 2.24) is 29.6 Å².